The van der Waals surface area contributed by atoms with Crippen LogP contribution in [-0.4, -0.2) is 25.2 Å². The minimum absolute atomic E-state index is 0.396. The third-order valence-electron chi connectivity index (χ3n) is 5.11. The molecule has 0 atom stereocenters. The molecule has 1 saturated heterocycles. The van der Waals surface area contributed by atoms with Crippen molar-refractivity contribution in [2.75, 3.05) is 24.5 Å². The Morgan fingerprint density at radius 1 is 1.05 bits per heavy atom. The standard InChI is InChI=1S/C18H28N2/c1-15(2)16-6-8-17(9-7-16)20-13-12-19-18(14-20)10-4-3-5-11-18/h6-9,15,19H,3-5,10-14H2,1-2H3. The molecule has 1 aromatic carbocycles. The Bertz CT molecular complexity index is 424. The highest BCUT2D eigenvalue weighted by molar-refractivity contribution is 5.49. The normalized spacial score (nSPS) is 22.4. The molecule has 1 aliphatic carbocycles. The molecule has 1 saturated carbocycles. The first kappa shape index (κ1) is 13.9. The first-order chi connectivity index (χ1) is 9.69. The second kappa shape index (κ2) is 5.77. The molecular weight excluding hydrogens is 244 g/mol. The summed E-state index contributed by atoms with van der Waals surface area (Å²) in [5.74, 6) is 0.622. The van der Waals surface area contributed by atoms with Gasteiger partial charge in [0.05, 0.1) is 0 Å². The molecule has 3 rings (SSSR count). The summed E-state index contributed by atoms with van der Waals surface area (Å²) in [4.78, 5) is 2.59. The minimum atomic E-state index is 0.396. The van der Waals surface area contributed by atoms with Crippen molar-refractivity contribution in [1.82, 2.24) is 5.32 Å². The lowest BCUT2D eigenvalue weighted by molar-refractivity contribution is 0.216. The second-order valence-electron chi connectivity index (χ2n) is 6.94. The number of nitrogens with zero attached hydrogens (tertiary/aromatic N) is 1. The summed E-state index contributed by atoms with van der Waals surface area (Å²) in [6.07, 6.45) is 6.92. The van der Waals surface area contributed by atoms with Gasteiger partial charge in [-0.3, -0.25) is 0 Å². The summed E-state index contributed by atoms with van der Waals surface area (Å²) in [6, 6.07) is 9.24. The molecule has 1 heterocycles. The van der Waals surface area contributed by atoms with Crippen LogP contribution >= 0.6 is 0 Å². The molecule has 0 amide bonds. The molecule has 0 aromatic heterocycles. The lowest BCUT2D eigenvalue weighted by atomic mass is 9.80. The summed E-state index contributed by atoms with van der Waals surface area (Å²) in [5, 5.41) is 3.82. The van der Waals surface area contributed by atoms with Crippen molar-refractivity contribution >= 4 is 5.69 Å². The van der Waals surface area contributed by atoms with Crippen LogP contribution in [0.25, 0.3) is 0 Å². The third kappa shape index (κ3) is 2.85. The van der Waals surface area contributed by atoms with Crippen molar-refractivity contribution in [3.05, 3.63) is 29.8 Å². The van der Waals surface area contributed by atoms with Crippen molar-refractivity contribution in [2.45, 2.75) is 57.4 Å². The Morgan fingerprint density at radius 2 is 1.75 bits per heavy atom. The van der Waals surface area contributed by atoms with Crippen LogP contribution < -0.4 is 10.2 Å². The van der Waals surface area contributed by atoms with Gasteiger partial charge in [-0.15, -0.1) is 0 Å². The van der Waals surface area contributed by atoms with Gasteiger partial charge in [-0.2, -0.15) is 0 Å². The lowest BCUT2D eigenvalue weighted by Gasteiger charge is -2.47. The van der Waals surface area contributed by atoms with Crippen LogP contribution in [-0.2, 0) is 0 Å². The first-order valence-corrected chi connectivity index (χ1v) is 8.29. The first-order valence-electron chi connectivity index (χ1n) is 8.29. The molecule has 2 heteroatoms. The van der Waals surface area contributed by atoms with E-state index in [-0.39, 0.29) is 0 Å². The van der Waals surface area contributed by atoms with E-state index in [4.69, 9.17) is 0 Å². The quantitative estimate of drug-likeness (QED) is 0.877. The van der Waals surface area contributed by atoms with Crippen LogP contribution in [0, 0.1) is 0 Å². The number of nitrogens with one attached hydrogen (secondary N) is 1. The Labute approximate surface area is 123 Å². The molecule has 1 aromatic rings. The van der Waals surface area contributed by atoms with E-state index in [1.54, 1.807) is 0 Å². The van der Waals surface area contributed by atoms with Gasteiger partial charge in [0.1, 0.15) is 0 Å². The van der Waals surface area contributed by atoms with Gasteiger partial charge in [0, 0.05) is 30.9 Å². The van der Waals surface area contributed by atoms with E-state index >= 15 is 0 Å². The van der Waals surface area contributed by atoms with E-state index in [9.17, 15) is 0 Å². The van der Waals surface area contributed by atoms with E-state index in [1.165, 1.54) is 49.9 Å². The van der Waals surface area contributed by atoms with Crippen LogP contribution in [0.4, 0.5) is 5.69 Å². The highest BCUT2D eigenvalue weighted by Crippen LogP contribution is 2.32. The highest BCUT2D eigenvalue weighted by Gasteiger charge is 2.36. The average Bonchev–Trinajstić information content (AvgIpc) is 2.48. The van der Waals surface area contributed by atoms with Gasteiger partial charge in [0.2, 0.25) is 0 Å². The van der Waals surface area contributed by atoms with Gasteiger partial charge < -0.3 is 10.2 Å². The fraction of sp³-hybridized carbons (Fsp3) is 0.667. The molecule has 1 aliphatic heterocycles. The summed E-state index contributed by atoms with van der Waals surface area (Å²) < 4.78 is 0. The third-order valence-corrected chi connectivity index (χ3v) is 5.11. The summed E-state index contributed by atoms with van der Waals surface area (Å²) in [6.45, 7) is 7.98. The van der Waals surface area contributed by atoms with Crippen molar-refractivity contribution in [3.8, 4) is 0 Å². The largest absolute Gasteiger partial charge is 0.368 e. The van der Waals surface area contributed by atoms with E-state index in [0.29, 0.717) is 11.5 Å². The van der Waals surface area contributed by atoms with Gasteiger partial charge >= 0.3 is 0 Å². The Morgan fingerprint density at radius 3 is 2.40 bits per heavy atom. The van der Waals surface area contributed by atoms with Crippen molar-refractivity contribution in [2.24, 2.45) is 0 Å². The molecule has 20 heavy (non-hydrogen) atoms. The fourth-order valence-electron chi connectivity index (χ4n) is 3.81. The Balaban J connectivity index is 1.73. The Kier molecular flexibility index (Phi) is 4.02. The molecule has 0 bridgehead atoms. The zero-order valence-corrected chi connectivity index (χ0v) is 13.0. The fourth-order valence-corrected chi connectivity index (χ4v) is 3.81. The maximum Gasteiger partial charge on any atom is 0.0367 e. The number of piperazine rings is 1. The zero-order valence-electron chi connectivity index (χ0n) is 13.0. The van der Waals surface area contributed by atoms with Crippen LogP contribution in [0.1, 0.15) is 57.4 Å². The van der Waals surface area contributed by atoms with E-state index in [1.807, 2.05) is 0 Å². The van der Waals surface area contributed by atoms with Crippen molar-refractivity contribution < 1.29 is 0 Å². The molecule has 110 valence electrons. The predicted molar refractivity (Wildman–Crippen MR) is 86.6 cm³/mol. The van der Waals surface area contributed by atoms with Crippen LogP contribution in [0.5, 0.6) is 0 Å². The monoisotopic (exact) mass is 272 g/mol. The van der Waals surface area contributed by atoms with Crippen LogP contribution in [0.2, 0.25) is 0 Å². The maximum absolute atomic E-state index is 3.82. The van der Waals surface area contributed by atoms with Gasteiger partial charge in [-0.05, 0) is 36.5 Å². The van der Waals surface area contributed by atoms with E-state index < -0.39 is 0 Å². The minimum Gasteiger partial charge on any atom is -0.368 e. The smallest absolute Gasteiger partial charge is 0.0367 e. The lowest BCUT2D eigenvalue weighted by Crippen LogP contribution is -2.61. The van der Waals surface area contributed by atoms with Crippen molar-refractivity contribution in [1.29, 1.82) is 0 Å². The molecule has 2 nitrogen and oxygen atoms in total. The van der Waals surface area contributed by atoms with E-state index in [0.717, 1.165) is 13.1 Å². The van der Waals surface area contributed by atoms with Crippen molar-refractivity contribution in [3.63, 3.8) is 0 Å². The molecule has 0 radical (unpaired) electrons. The highest BCUT2D eigenvalue weighted by atomic mass is 15.2. The zero-order chi connectivity index (χ0) is 14.0. The van der Waals surface area contributed by atoms with Crippen LogP contribution in [0.3, 0.4) is 0 Å². The molecule has 0 unspecified atom stereocenters. The van der Waals surface area contributed by atoms with Gasteiger partial charge in [0.15, 0.2) is 0 Å². The van der Waals surface area contributed by atoms with E-state index in [2.05, 4.69) is 48.3 Å². The average molecular weight is 272 g/mol. The second-order valence-corrected chi connectivity index (χ2v) is 6.94. The number of benzene rings is 1. The predicted octanol–water partition coefficient (Wildman–Crippen LogP) is 3.92. The SMILES string of the molecule is CC(C)c1ccc(N2CCNC3(CCCCC3)C2)cc1. The van der Waals surface area contributed by atoms with Gasteiger partial charge in [0.25, 0.3) is 0 Å². The number of hydrogen-bond donors (Lipinski definition) is 1. The number of anilines is 1. The van der Waals surface area contributed by atoms with Gasteiger partial charge in [-0.25, -0.2) is 0 Å². The van der Waals surface area contributed by atoms with Gasteiger partial charge in [-0.1, -0.05) is 45.2 Å². The summed E-state index contributed by atoms with van der Waals surface area (Å²) >= 11 is 0. The molecule has 2 aliphatic rings. The molecule has 1 spiro atoms. The number of hydrogen-bond acceptors (Lipinski definition) is 2. The summed E-state index contributed by atoms with van der Waals surface area (Å²) in [7, 11) is 0. The number of rotatable bonds is 2. The topological polar surface area (TPSA) is 15.3 Å². The maximum atomic E-state index is 3.82. The summed E-state index contributed by atoms with van der Waals surface area (Å²) in [5.41, 5.74) is 3.24. The van der Waals surface area contributed by atoms with Crippen LogP contribution in [0.15, 0.2) is 24.3 Å². The molecular formula is C18H28N2. The molecule has 2 fully saturated rings. The molecule has 1 N–H and O–H groups in total. The Hall–Kier alpha value is -1.02.